The van der Waals surface area contributed by atoms with Crippen molar-refractivity contribution in [1.29, 1.82) is 0 Å². The average molecular weight is 367 g/mol. The van der Waals surface area contributed by atoms with Crippen LogP contribution in [0, 0.1) is 11.6 Å². The Bertz CT molecular complexity index is 1010. The molecule has 8 heteroatoms. The fourth-order valence-corrected chi connectivity index (χ4v) is 2.55. The van der Waals surface area contributed by atoms with Crippen molar-refractivity contribution in [2.45, 2.75) is 6.18 Å². The van der Waals surface area contributed by atoms with E-state index in [1.54, 1.807) is 0 Å². The van der Waals surface area contributed by atoms with Crippen LogP contribution in [0.3, 0.4) is 0 Å². The number of halogens is 5. The second kappa shape index (κ2) is 6.36. The number of carbonyl (C=O) groups excluding carboxylic acids is 1. The third-order valence-corrected chi connectivity index (χ3v) is 3.74. The van der Waals surface area contributed by atoms with Gasteiger partial charge in [0, 0.05) is 17.0 Å². The van der Waals surface area contributed by atoms with E-state index in [2.05, 4.69) is 9.72 Å². The second-order valence-electron chi connectivity index (χ2n) is 5.40. The van der Waals surface area contributed by atoms with Crippen molar-refractivity contribution < 1.29 is 31.5 Å². The summed E-state index contributed by atoms with van der Waals surface area (Å²) in [6.45, 7) is 0. The lowest BCUT2D eigenvalue weighted by molar-refractivity contribution is -0.140. The zero-order valence-electron chi connectivity index (χ0n) is 13.2. The molecule has 0 saturated heterocycles. The smallest absolute Gasteiger partial charge is 0.433 e. The van der Waals surface area contributed by atoms with Crippen molar-refractivity contribution in [1.82, 2.24) is 4.98 Å². The number of ether oxygens (including phenoxy) is 1. The molecule has 3 rings (SSSR count). The number of benzene rings is 2. The molecule has 0 radical (unpaired) electrons. The number of nitrogens with zero attached hydrogens (tertiary/aromatic N) is 1. The molecule has 0 fully saturated rings. The van der Waals surface area contributed by atoms with Gasteiger partial charge >= 0.3 is 12.1 Å². The summed E-state index contributed by atoms with van der Waals surface area (Å²) >= 11 is 0. The van der Waals surface area contributed by atoms with Crippen molar-refractivity contribution in [2.75, 3.05) is 7.11 Å². The Kier molecular flexibility index (Phi) is 4.35. The molecule has 0 unspecified atom stereocenters. The van der Waals surface area contributed by atoms with Gasteiger partial charge in [0.15, 0.2) is 0 Å². The molecule has 0 saturated carbocycles. The van der Waals surface area contributed by atoms with Crippen molar-refractivity contribution in [3.63, 3.8) is 0 Å². The third kappa shape index (κ3) is 3.22. The Morgan fingerprint density at radius 2 is 1.73 bits per heavy atom. The first-order valence-corrected chi connectivity index (χ1v) is 7.26. The van der Waals surface area contributed by atoms with Crippen molar-refractivity contribution in [2.24, 2.45) is 0 Å². The molecular formula is C18H10F5NO2. The van der Waals surface area contributed by atoms with E-state index in [-0.39, 0.29) is 27.6 Å². The van der Waals surface area contributed by atoms with Gasteiger partial charge in [-0.3, -0.25) is 0 Å². The van der Waals surface area contributed by atoms with E-state index in [4.69, 9.17) is 0 Å². The summed E-state index contributed by atoms with van der Waals surface area (Å²) in [5, 5.41) is 0.103. The van der Waals surface area contributed by atoms with E-state index in [9.17, 15) is 26.7 Å². The van der Waals surface area contributed by atoms with E-state index in [0.29, 0.717) is 12.1 Å². The zero-order valence-corrected chi connectivity index (χ0v) is 13.2. The first-order valence-electron chi connectivity index (χ1n) is 7.26. The van der Waals surface area contributed by atoms with Gasteiger partial charge in [0.05, 0.1) is 18.2 Å². The maximum Gasteiger partial charge on any atom is 0.433 e. The molecule has 0 bridgehead atoms. The Morgan fingerprint density at radius 3 is 2.35 bits per heavy atom. The maximum absolute atomic E-state index is 14.2. The summed E-state index contributed by atoms with van der Waals surface area (Å²) in [6, 6.07) is 6.92. The van der Waals surface area contributed by atoms with Gasteiger partial charge in [0.2, 0.25) is 0 Å². The standard InChI is InChI=1S/C18H10F5NO2/c1-26-17(25)9-2-5-15-13(6-9)12(8-16(24-15)18(21,22)23)11-4-3-10(19)7-14(11)20/h2-8H,1H3. The summed E-state index contributed by atoms with van der Waals surface area (Å²) in [5.74, 6) is -2.61. The Labute approximate surface area is 144 Å². The van der Waals surface area contributed by atoms with Crippen LogP contribution in [0.25, 0.3) is 22.0 Å². The molecule has 1 heterocycles. The number of esters is 1. The number of rotatable bonds is 2. The molecule has 2 aromatic carbocycles. The van der Waals surface area contributed by atoms with Crippen LogP contribution in [0.4, 0.5) is 22.0 Å². The van der Waals surface area contributed by atoms with Crippen LogP contribution in [0.5, 0.6) is 0 Å². The van der Waals surface area contributed by atoms with Gasteiger partial charge in [0.25, 0.3) is 0 Å². The first kappa shape index (κ1) is 17.8. The lowest BCUT2D eigenvalue weighted by Crippen LogP contribution is -2.09. The minimum absolute atomic E-state index is 0.0605. The molecule has 0 amide bonds. The van der Waals surface area contributed by atoms with Crippen LogP contribution >= 0.6 is 0 Å². The van der Waals surface area contributed by atoms with Gasteiger partial charge in [-0.1, -0.05) is 0 Å². The van der Waals surface area contributed by atoms with Gasteiger partial charge < -0.3 is 4.74 Å². The lowest BCUT2D eigenvalue weighted by Gasteiger charge is -2.13. The Morgan fingerprint density at radius 1 is 1.00 bits per heavy atom. The predicted molar refractivity (Wildman–Crippen MR) is 83.4 cm³/mol. The molecule has 0 aliphatic carbocycles. The minimum atomic E-state index is -4.76. The highest BCUT2D eigenvalue weighted by molar-refractivity contribution is 6.00. The number of methoxy groups -OCH3 is 1. The van der Waals surface area contributed by atoms with Crippen LogP contribution < -0.4 is 0 Å². The zero-order chi connectivity index (χ0) is 19.1. The van der Waals surface area contributed by atoms with Gasteiger partial charge in [0.1, 0.15) is 17.3 Å². The SMILES string of the molecule is COC(=O)c1ccc2nc(C(F)(F)F)cc(-c3ccc(F)cc3F)c2c1. The topological polar surface area (TPSA) is 39.2 Å². The van der Waals surface area contributed by atoms with Crippen LogP contribution in [-0.4, -0.2) is 18.1 Å². The molecule has 3 aromatic rings. The van der Waals surface area contributed by atoms with E-state index >= 15 is 0 Å². The van der Waals surface area contributed by atoms with Gasteiger partial charge in [-0.2, -0.15) is 13.2 Å². The first-order chi connectivity index (χ1) is 12.2. The Balaban J connectivity index is 2.37. The van der Waals surface area contributed by atoms with Crippen LogP contribution in [-0.2, 0) is 10.9 Å². The minimum Gasteiger partial charge on any atom is -0.465 e. The van der Waals surface area contributed by atoms with E-state index in [1.807, 2.05) is 0 Å². The molecule has 0 N–H and O–H groups in total. The summed E-state index contributed by atoms with van der Waals surface area (Å²) in [5.41, 5.74) is -1.66. The van der Waals surface area contributed by atoms with Gasteiger partial charge in [-0.15, -0.1) is 0 Å². The highest BCUT2D eigenvalue weighted by atomic mass is 19.4. The fraction of sp³-hybridized carbons (Fsp3) is 0.111. The predicted octanol–water partition coefficient (Wildman–Crippen LogP) is 4.99. The number of carbonyl (C=O) groups is 1. The molecule has 1 aromatic heterocycles. The number of alkyl halides is 3. The second-order valence-corrected chi connectivity index (χ2v) is 5.40. The van der Waals surface area contributed by atoms with Crippen molar-refractivity contribution >= 4 is 16.9 Å². The number of hydrogen-bond donors (Lipinski definition) is 0. The summed E-state index contributed by atoms with van der Waals surface area (Å²) < 4.78 is 71.4. The maximum atomic E-state index is 14.2. The number of pyridine rings is 1. The van der Waals surface area contributed by atoms with Crippen LogP contribution in [0.2, 0.25) is 0 Å². The summed E-state index contributed by atoms with van der Waals surface area (Å²) in [6.07, 6.45) is -4.76. The number of fused-ring (bicyclic) bond motifs is 1. The molecule has 134 valence electrons. The monoisotopic (exact) mass is 367 g/mol. The quantitative estimate of drug-likeness (QED) is 0.473. The summed E-state index contributed by atoms with van der Waals surface area (Å²) in [7, 11) is 1.15. The Hall–Kier alpha value is -3.03. The molecular weight excluding hydrogens is 357 g/mol. The molecule has 3 nitrogen and oxygen atoms in total. The lowest BCUT2D eigenvalue weighted by atomic mass is 9.98. The number of hydrogen-bond acceptors (Lipinski definition) is 3. The van der Waals surface area contributed by atoms with Crippen molar-refractivity contribution in [3.05, 3.63) is 65.4 Å². The molecule has 0 aliphatic rings. The average Bonchev–Trinajstić information content (AvgIpc) is 2.59. The molecule has 0 atom stereocenters. The highest BCUT2D eigenvalue weighted by Gasteiger charge is 2.33. The van der Waals surface area contributed by atoms with E-state index < -0.39 is 29.5 Å². The van der Waals surface area contributed by atoms with E-state index in [1.165, 1.54) is 18.2 Å². The summed E-state index contributed by atoms with van der Waals surface area (Å²) in [4.78, 5) is 15.2. The fourth-order valence-electron chi connectivity index (χ4n) is 2.55. The molecule has 26 heavy (non-hydrogen) atoms. The van der Waals surface area contributed by atoms with Gasteiger partial charge in [-0.05, 0) is 42.0 Å². The van der Waals surface area contributed by atoms with Crippen molar-refractivity contribution in [3.8, 4) is 11.1 Å². The van der Waals surface area contributed by atoms with Crippen LogP contribution in [0.15, 0.2) is 42.5 Å². The molecule has 0 spiro atoms. The highest BCUT2D eigenvalue weighted by Crippen LogP contribution is 2.36. The largest absolute Gasteiger partial charge is 0.465 e. The van der Waals surface area contributed by atoms with Crippen LogP contribution in [0.1, 0.15) is 16.1 Å². The molecule has 0 aliphatic heterocycles. The van der Waals surface area contributed by atoms with Gasteiger partial charge in [-0.25, -0.2) is 18.6 Å². The normalized spacial score (nSPS) is 11.6. The van der Waals surface area contributed by atoms with E-state index in [0.717, 1.165) is 19.2 Å². The number of aromatic nitrogens is 1. The third-order valence-electron chi connectivity index (χ3n) is 3.74.